The number of aromatic nitrogens is 2. The first-order valence-corrected chi connectivity index (χ1v) is 16.0. The number of anilines is 1. The standard InChI is InChI=1S/C40H39N3O2/c1-6-42(7-2)29-23-21-28(22-24-29)40(34-18-12-9-15-30(34)39(44)45-40)25-33(37-26(4)41-35-19-13-10-16-31(35)37)38-27(5)43(8-3)36-20-14-11-17-32(36)38/h9-25,41H,6-8H2,1-5H3/b33-25+. The minimum absolute atomic E-state index is 0.308. The minimum Gasteiger partial charge on any atom is -0.441 e. The lowest BCUT2D eigenvalue weighted by Gasteiger charge is -2.29. The van der Waals surface area contributed by atoms with Crippen LogP contribution in [0.3, 0.4) is 0 Å². The van der Waals surface area contributed by atoms with E-state index in [2.05, 4.69) is 128 Å². The molecule has 0 spiro atoms. The van der Waals surface area contributed by atoms with E-state index in [1.165, 1.54) is 16.6 Å². The van der Waals surface area contributed by atoms with Crippen molar-refractivity contribution in [3.63, 3.8) is 0 Å². The number of cyclic esters (lactones) is 1. The molecular weight excluding hydrogens is 554 g/mol. The quantitative estimate of drug-likeness (QED) is 0.179. The molecular formula is C40H39N3O2. The second-order valence-corrected chi connectivity index (χ2v) is 11.8. The number of hydrogen-bond donors (Lipinski definition) is 1. The van der Waals surface area contributed by atoms with Gasteiger partial charge in [-0.1, -0.05) is 66.7 Å². The Hall–Kier alpha value is -5.03. The fourth-order valence-electron chi connectivity index (χ4n) is 7.43. The fourth-order valence-corrected chi connectivity index (χ4v) is 7.43. The molecule has 0 radical (unpaired) electrons. The fraction of sp³-hybridized carbons (Fsp3) is 0.225. The van der Waals surface area contributed by atoms with Crippen molar-refractivity contribution in [1.82, 2.24) is 9.55 Å². The normalized spacial score (nSPS) is 16.4. The maximum atomic E-state index is 13.7. The number of aryl methyl sites for hydroxylation is 2. The molecule has 1 atom stereocenters. The van der Waals surface area contributed by atoms with Crippen LogP contribution in [0, 0.1) is 13.8 Å². The smallest absolute Gasteiger partial charge is 0.340 e. The molecule has 5 nitrogen and oxygen atoms in total. The van der Waals surface area contributed by atoms with Gasteiger partial charge in [0.15, 0.2) is 5.60 Å². The number of benzene rings is 4. The number of H-pyrrole nitrogens is 1. The average molecular weight is 594 g/mol. The predicted octanol–water partition coefficient (Wildman–Crippen LogP) is 9.15. The summed E-state index contributed by atoms with van der Waals surface area (Å²) in [5.41, 5.74) is 10.2. The lowest BCUT2D eigenvalue weighted by Crippen LogP contribution is -2.27. The van der Waals surface area contributed by atoms with E-state index in [-0.39, 0.29) is 5.97 Å². The van der Waals surface area contributed by atoms with Crippen molar-refractivity contribution in [3.8, 4) is 0 Å². The van der Waals surface area contributed by atoms with E-state index >= 15 is 0 Å². The van der Waals surface area contributed by atoms with E-state index in [1.54, 1.807) is 0 Å². The van der Waals surface area contributed by atoms with Gasteiger partial charge in [0.2, 0.25) is 0 Å². The molecule has 1 N–H and O–H groups in total. The Labute approximate surface area is 264 Å². The number of para-hydroxylation sites is 2. The van der Waals surface area contributed by atoms with Gasteiger partial charge in [-0.25, -0.2) is 4.79 Å². The number of fused-ring (bicyclic) bond motifs is 3. The Morgan fingerprint density at radius 1 is 0.822 bits per heavy atom. The third kappa shape index (κ3) is 4.40. The summed E-state index contributed by atoms with van der Waals surface area (Å²) in [5.74, 6) is -0.308. The molecule has 0 aliphatic carbocycles. The number of aromatic amines is 1. The third-order valence-electron chi connectivity index (χ3n) is 9.55. The van der Waals surface area contributed by atoms with Crippen LogP contribution in [0.5, 0.6) is 0 Å². The maximum absolute atomic E-state index is 13.7. The van der Waals surface area contributed by atoms with E-state index in [0.717, 1.165) is 69.7 Å². The number of nitrogens with one attached hydrogen (secondary N) is 1. The van der Waals surface area contributed by atoms with E-state index in [0.29, 0.717) is 5.56 Å². The minimum atomic E-state index is -1.13. The molecule has 6 aromatic rings. The Balaban J connectivity index is 1.60. The van der Waals surface area contributed by atoms with Crippen molar-refractivity contribution in [3.05, 3.63) is 142 Å². The first kappa shape index (κ1) is 28.7. The summed E-state index contributed by atoms with van der Waals surface area (Å²) in [6.07, 6.45) is 2.22. The molecule has 0 saturated heterocycles. The van der Waals surface area contributed by atoms with Gasteiger partial charge >= 0.3 is 5.97 Å². The van der Waals surface area contributed by atoms with E-state index in [1.807, 2.05) is 24.3 Å². The molecule has 7 rings (SSSR count). The number of nitrogens with zero attached hydrogens (tertiary/aromatic N) is 2. The van der Waals surface area contributed by atoms with Crippen LogP contribution >= 0.6 is 0 Å². The lowest BCUT2D eigenvalue weighted by molar-refractivity contribution is 0.0276. The Bertz CT molecular complexity index is 2090. The molecule has 1 unspecified atom stereocenters. The van der Waals surface area contributed by atoms with Gasteiger partial charge in [0.25, 0.3) is 0 Å². The van der Waals surface area contributed by atoms with Gasteiger partial charge in [-0.05, 0) is 76.6 Å². The Morgan fingerprint density at radius 3 is 2.22 bits per heavy atom. The van der Waals surface area contributed by atoms with Gasteiger partial charge in [-0.15, -0.1) is 0 Å². The zero-order valence-corrected chi connectivity index (χ0v) is 26.6. The molecule has 0 saturated carbocycles. The van der Waals surface area contributed by atoms with Crippen molar-refractivity contribution in [1.29, 1.82) is 0 Å². The highest BCUT2D eigenvalue weighted by atomic mass is 16.6. The SMILES string of the molecule is CCN(CC)c1ccc(C2(/C=C(\c3c(C)[nH]c4ccccc34)c3c(C)n(CC)c4ccccc34)OC(=O)c3ccccc32)cc1. The Morgan fingerprint density at radius 2 is 1.49 bits per heavy atom. The molecule has 0 bridgehead atoms. The van der Waals surface area contributed by atoms with E-state index in [9.17, 15) is 4.79 Å². The summed E-state index contributed by atoms with van der Waals surface area (Å²) in [4.78, 5) is 19.6. The number of rotatable bonds is 8. The first-order chi connectivity index (χ1) is 21.9. The highest BCUT2D eigenvalue weighted by Crippen LogP contribution is 2.48. The van der Waals surface area contributed by atoms with Gasteiger partial charge in [0.1, 0.15) is 0 Å². The molecule has 4 aromatic carbocycles. The van der Waals surface area contributed by atoms with E-state index < -0.39 is 5.60 Å². The van der Waals surface area contributed by atoms with Crippen LogP contribution < -0.4 is 4.90 Å². The van der Waals surface area contributed by atoms with Gasteiger partial charge in [0, 0.05) is 80.8 Å². The van der Waals surface area contributed by atoms with Crippen molar-refractivity contribution >= 4 is 39.0 Å². The van der Waals surface area contributed by atoms with Gasteiger partial charge < -0.3 is 19.2 Å². The van der Waals surface area contributed by atoms with Crippen molar-refractivity contribution in [2.45, 2.75) is 46.8 Å². The van der Waals surface area contributed by atoms with Crippen LogP contribution in [0.2, 0.25) is 0 Å². The number of carbonyl (C=O) groups excluding carboxylic acids is 1. The molecule has 5 heteroatoms. The zero-order chi connectivity index (χ0) is 31.3. The monoisotopic (exact) mass is 593 g/mol. The molecule has 45 heavy (non-hydrogen) atoms. The summed E-state index contributed by atoms with van der Waals surface area (Å²) in [6.45, 7) is 13.6. The van der Waals surface area contributed by atoms with Crippen LogP contribution in [0.1, 0.15) is 64.8 Å². The molecule has 1 aliphatic rings. The summed E-state index contributed by atoms with van der Waals surface area (Å²) >= 11 is 0. The van der Waals surface area contributed by atoms with Crippen LogP contribution in [0.4, 0.5) is 5.69 Å². The molecule has 0 fully saturated rings. The maximum Gasteiger partial charge on any atom is 0.340 e. The summed E-state index contributed by atoms with van der Waals surface area (Å²) < 4.78 is 8.98. The van der Waals surface area contributed by atoms with Crippen LogP contribution in [-0.2, 0) is 16.9 Å². The highest BCUT2D eigenvalue weighted by Gasteiger charge is 2.46. The number of esters is 1. The molecule has 2 aromatic heterocycles. The van der Waals surface area contributed by atoms with Crippen molar-refractivity contribution in [2.75, 3.05) is 18.0 Å². The Kier molecular flexibility index (Phi) is 7.12. The average Bonchev–Trinajstić information content (AvgIpc) is 3.66. The van der Waals surface area contributed by atoms with Crippen LogP contribution in [0.25, 0.3) is 27.4 Å². The highest BCUT2D eigenvalue weighted by molar-refractivity contribution is 6.06. The third-order valence-corrected chi connectivity index (χ3v) is 9.55. The molecule has 1 aliphatic heterocycles. The predicted molar refractivity (Wildman–Crippen MR) is 185 cm³/mol. The van der Waals surface area contributed by atoms with Gasteiger partial charge in [0.05, 0.1) is 5.56 Å². The number of carbonyl (C=O) groups is 1. The van der Waals surface area contributed by atoms with Crippen LogP contribution in [-0.4, -0.2) is 28.6 Å². The largest absolute Gasteiger partial charge is 0.441 e. The number of hydrogen-bond acceptors (Lipinski definition) is 3. The van der Waals surface area contributed by atoms with Gasteiger partial charge in [-0.2, -0.15) is 0 Å². The second-order valence-electron chi connectivity index (χ2n) is 11.8. The van der Waals surface area contributed by atoms with Crippen molar-refractivity contribution < 1.29 is 9.53 Å². The summed E-state index contributed by atoms with van der Waals surface area (Å²) in [7, 11) is 0. The molecule has 0 amide bonds. The topological polar surface area (TPSA) is 50.3 Å². The summed E-state index contributed by atoms with van der Waals surface area (Å²) in [6, 6.07) is 33.4. The zero-order valence-electron chi connectivity index (χ0n) is 26.6. The van der Waals surface area contributed by atoms with E-state index in [4.69, 9.17) is 4.74 Å². The second kappa shape index (κ2) is 11.2. The van der Waals surface area contributed by atoms with Gasteiger partial charge in [-0.3, -0.25) is 0 Å². The molecule has 226 valence electrons. The number of ether oxygens (including phenoxy) is 1. The first-order valence-electron chi connectivity index (χ1n) is 16.0. The summed E-state index contributed by atoms with van der Waals surface area (Å²) in [5, 5.41) is 2.32. The van der Waals surface area contributed by atoms with Crippen molar-refractivity contribution in [2.24, 2.45) is 0 Å². The molecule has 3 heterocycles. The lowest BCUT2D eigenvalue weighted by atomic mass is 9.81. The van der Waals surface area contributed by atoms with Crippen LogP contribution in [0.15, 0.2) is 103 Å².